The number of hydrogen-bond acceptors (Lipinski definition) is 4. The highest BCUT2D eigenvalue weighted by Gasteiger charge is 2.16. The summed E-state index contributed by atoms with van der Waals surface area (Å²) in [5.74, 6) is -0.279. The van der Waals surface area contributed by atoms with Gasteiger partial charge in [0.2, 0.25) is 0 Å². The van der Waals surface area contributed by atoms with E-state index in [-0.39, 0.29) is 17.2 Å². The van der Waals surface area contributed by atoms with Crippen molar-refractivity contribution < 1.29 is 4.79 Å². The number of nitrogens with two attached hydrogens (primary N) is 1. The normalized spacial score (nSPS) is 10.8. The largest absolute Gasteiger partial charge is 0.396 e. The average molecular weight is 336 g/mol. The zero-order chi connectivity index (χ0) is 18.0. The van der Waals surface area contributed by atoms with Crippen LogP contribution < -0.4 is 16.6 Å². The Labute approximate surface area is 145 Å². The van der Waals surface area contributed by atoms with Crippen LogP contribution >= 0.6 is 0 Å². The molecule has 0 saturated carbocycles. The molecule has 0 unspecified atom stereocenters. The SMILES string of the molecule is CCCNC(=O)c1ncc2c(-c3cccc(=O)n3C)cccc2c1N. The molecule has 25 heavy (non-hydrogen) atoms. The minimum Gasteiger partial charge on any atom is -0.396 e. The van der Waals surface area contributed by atoms with Crippen molar-refractivity contribution in [3.05, 3.63) is 58.6 Å². The van der Waals surface area contributed by atoms with Crippen LogP contribution in [0.25, 0.3) is 22.0 Å². The van der Waals surface area contributed by atoms with Crippen molar-refractivity contribution in [2.45, 2.75) is 13.3 Å². The van der Waals surface area contributed by atoms with Crippen LogP contribution in [0.5, 0.6) is 0 Å². The van der Waals surface area contributed by atoms with Crippen LogP contribution in [0.3, 0.4) is 0 Å². The second-order valence-corrected chi connectivity index (χ2v) is 5.85. The highest BCUT2D eigenvalue weighted by Crippen LogP contribution is 2.31. The van der Waals surface area contributed by atoms with E-state index in [1.54, 1.807) is 23.9 Å². The molecule has 3 N–H and O–H groups in total. The Morgan fingerprint density at radius 2 is 1.96 bits per heavy atom. The third-order valence-corrected chi connectivity index (χ3v) is 4.19. The number of pyridine rings is 2. The number of anilines is 1. The van der Waals surface area contributed by atoms with Crippen molar-refractivity contribution in [3.63, 3.8) is 0 Å². The number of aromatic nitrogens is 2. The van der Waals surface area contributed by atoms with Crippen molar-refractivity contribution in [2.75, 3.05) is 12.3 Å². The molecule has 0 bridgehead atoms. The van der Waals surface area contributed by atoms with E-state index >= 15 is 0 Å². The molecule has 0 atom stereocenters. The highest BCUT2D eigenvalue weighted by molar-refractivity contribution is 6.08. The molecule has 3 rings (SSSR count). The van der Waals surface area contributed by atoms with E-state index in [0.29, 0.717) is 12.2 Å². The van der Waals surface area contributed by atoms with Gasteiger partial charge in [0.05, 0.1) is 11.4 Å². The minimum atomic E-state index is -0.279. The van der Waals surface area contributed by atoms with Gasteiger partial charge in [0.15, 0.2) is 5.69 Å². The summed E-state index contributed by atoms with van der Waals surface area (Å²) < 4.78 is 1.58. The number of nitrogens with one attached hydrogen (secondary N) is 1. The van der Waals surface area contributed by atoms with E-state index in [1.807, 2.05) is 31.2 Å². The second kappa shape index (κ2) is 6.76. The average Bonchev–Trinajstić information content (AvgIpc) is 2.62. The molecule has 0 aliphatic heterocycles. The Kier molecular flexibility index (Phi) is 4.52. The molecule has 2 heterocycles. The maximum absolute atomic E-state index is 12.2. The number of carbonyl (C=O) groups excluding carboxylic acids is 1. The molecule has 0 aliphatic rings. The quantitative estimate of drug-likeness (QED) is 0.765. The first-order valence-electron chi connectivity index (χ1n) is 8.16. The topological polar surface area (TPSA) is 90.0 Å². The van der Waals surface area contributed by atoms with E-state index in [1.165, 1.54) is 6.07 Å². The van der Waals surface area contributed by atoms with Crippen molar-refractivity contribution in [1.29, 1.82) is 0 Å². The zero-order valence-corrected chi connectivity index (χ0v) is 14.2. The lowest BCUT2D eigenvalue weighted by Crippen LogP contribution is -2.26. The summed E-state index contributed by atoms with van der Waals surface area (Å²) in [5, 5.41) is 4.33. The van der Waals surface area contributed by atoms with Crippen molar-refractivity contribution in [3.8, 4) is 11.3 Å². The molecule has 1 aromatic carbocycles. The second-order valence-electron chi connectivity index (χ2n) is 5.85. The molecule has 0 spiro atoms. The Hall–Kier alpha value is -3.15. The molecule has 2 aromatic heterocycles. The van der Waals surface area contributed by atoms with Crippen LogP contribution in [0.4, 0.5) is 5.69 Å². The number of hydrogen-bond donors (Lipinski definition) is 2. The van der Waals surface area contributed by atoms with E-state index in [4.69, 9.17) is 5.73 Å². The molecular formula is C19H20N4O2. The van der Waals surface area contributed by atoms with Crippen molar-refractivity contribution in [2.24, 2.45) is 7.05 Å². The van der Waals surface area contributed by atoms with E-state index in [2.05, 4.69) is 10.3 Å². The number of fused-ring (bicyclic) bond motifs is 1. The standard InChI is InChI=1S/C19H20N4O2/c1-3-10-21-19(25)18-17(20)13-7-4-6-12(14(13)11-22-18)15-8-5-9-16(24)23(15)2/h4-9,11H,3,10,20H2,1-2H3,(H,21,25). The number of benzene rings is 1. The lowest BCUT2D eigenvalue weighted by atomic mass is 10.0. The zero-order valence-electron chi connectivity index (χ0n) is 14.2. The number of nitrogen functional groups attached to an aromatic ring is 1. The third kappa shape index (κ3) is 2.98. The van der Waals surface area contributed by atoms with Gasteiger partial charge in [0.25, 0.3) is 11.5 Å². The van der Waals surface area contributed by atoms with Gasteiger partial charge < -0.3 is 15.6 Å². The van der Waals surface area contributed by atoms with Crippen LogP contribution in [0.15, 0.2) is 47.4 Å². The number of nitrogens with zero attached hydrogens (tertiary/aromatic N) is 2. The lowest BCUT2D eigenvalue weighted by molar-refractivity contribution is 0.0950. The predicted octanol–water partition coefficient (Wildman–Crippen LogP) is 2.32. The van der Waals surface area contributed by atoms with E-state index < -0.39 is 0 Å². The van der Waals surface area contributed by atoms with Gasteiger partial charge in [-0.1, -0.05) is 31.2 Å². The fourth-order valence-corrected chi connectivity index (χ4v) is 2.83. The monoisotopic (exact) mass is 336 g/mol. The smallest absolute Gasteiger partial charge is 0.272 e. The van der Waals surface area contributed by atoms with Crippen LogP contribution in [-0.4, -0.2) is 22.0 Å². The summed E-state index contributed by atoms with van der Waals surface area (Å²) in [6, 6.07) is 10.7. The first-order valence-corrected chi connectivity index (χ1v) is 8.16. The Balaban J connectivity index is 2.18. The summed E-state index contributed by atoms with van der Waals surface area (Å²) in [6.07, 6.45) is 2.48. The highest BCUT2D eigenvalue weighted by atomic mass is 16.2. The molecule has 0 aliphatic carbocycles. The molecule has 6 nitrogen and oxygen atoms in total. The van der Waals surface area contributed by atoms with Gasteiger partial charge in [0.1, 0.15) is 0 Å². The van der Waals surface area contributed by atoms with Gasteiger partial charge in [0, 0.05) is 42.2 Å². The Morgan fingerprint density at radius 3 is 2.72 bits per heavy atom. The van der Waals surface area contributed by atoms with Gasteiger partial charge in [-0.25, -0.2) is 4.98 Å². The van der Waals surface area contributed by atoms with Gasteiger partial charge in [-0.2, -0.15) is 0 Å². The predicted molar refractivity (Wildman–Crippen MR) is 99.5 cm³/mol. The molecule has 1 amide bonds. The summed E-state index contributed by atoms with van der Waals surface area (Å²) in [6.45, 7) is 2.55. The maximum Gasteiger partial charge on any atom is 0.272 e. The summed E-state index contributed by atoms with van der Waals surface area (Å²) in [7, 11) is 1.72. The van der Waals surface area contributed by atoms with E-state index in [0.717, 1.165) is 28.5 Å². The first-order chi connectivity index (χ1) is 12.0. The summed E-state index contributed by atoms with van der Waals surface area (Å²) in [5.41, 5.74) is 8.30. The number of amides is 1. The van der Waals surface area contributed by atoms with Crippen molar-refractivity contribution in [1.82, 2.24) is 14.9 Å². The summed E-state index contributed by atoms with van der Waals surface area (Å²) >= 11 is 0. The molecular weight excluding hydrogens is 316 g/mol. The van der Waals surface area contributed by atoms with Gasteiger partial charge in [-0.15, -0.1) is 0 Å². The van der Waals surface area contributed by atoms with E-state index in [9.17, 15) is 9.59 Å². The number of rotatable bonds is 4. The van der Waals surface area contributed by atoms with Gasteiger partial charge in [-0.05, 0) is 12.5 Å². The van der Waals surface area contributed by atoms with Crippen LogP contribution in [0.2, 0.25) is 0 Å². The minimum absolute atomic E-state index is 0.0917. The van der Waals surface area contributed by atoms with Crippen LogP contribution in [-0.2, 0) is 7.05 Å². The van der Waals surface area contributed by atoms with Crippen LogP contribution in [0, 0.1) is 0 Å². The molecule has 6 heteroatoms. The maximum atomic E-state index is 12.2. The fourth-order valence-electron chi connectivity index (χ4n) is 2.83. The summed E-state index contributed by atoms with van der Waals surface area (Å²) in [4.78, 5) is 28.4. The Morgan fingerprint density at radius 1 is 1.20 bits per heavy atom. The van der Waals surface area contributed by atoms with Gasteiger partial charge in [-0.3, -0.25) is 9.59 Å². The van der Waals surface area contributed by atoms with Crippen LogP contribution in [0.1, 0.15) is 23.8 Å². The molecule has 0 fully saturated rings. The number of carbonyl (C=O) groups is 1. The fraction of sp³-hybridized carbons (Fsp3) is 0.211. The molecule has 128 valence electrons. The third-order valence-electron chi connectivity index (χ3n) is 4.19. The van der Waals surface area contributed by atoms with Gasteiger partial charge >= 0.3 is 0 Å². The molecule has 0 radical (unpaired) electrons. The Bertz CT molecular complexity index is 1010. The molecule has 3 aromatic rings. The first kappa shape index (κ1) is 16.7. The van der Waals surface area contributed by atoms with Crippen molar-refractivity contribution >= 4 is 22.4 Å². The lowest BCUT2D eigenvalue weighted by Gasteiger charge is -2.13. The molecule has 0 saturated heterocycles.